The van der Waals surface area contributed by atoms with Crippen LogP contribution in [-0.2, 0) is 11.2 Å². The number of halogens is 3. The Morgan fingerprint density at radius 3 is 2.57 bits per heavy atom. The fourth-order valence-corrected chi connectivity index (χ4v) is 1.39. The zero-order chi connectivity index (χ0) is 9.84. The van der Waals surface area contributed by atoms with Gasteiger partial charge in [0.2, 0.25) is 0 Å². The van der Waals surface area contributed by atoms with Crippen LogP contribution in [0, 0.1) is 5.41 Å². The average molecular weight is 255 g/mol. The number of nitrogens with one attached hydrogen (secondary N) is 1. The third kappa shape index (κ3) is 3.74. The molecule has 0 aliphatic carbocycles. The molecule has 2 nitrogen and oxygen atoms in total. The van der Waals surface area contributed by atoms with Crippen LogP contribution in [0.5, 0.6) is 0 Å². The molecular weight excluding hydrogens is 244 g/mol. The Hall–Kier alpha value is -0.440. The van der Waals surface area contributed by atoms with Gasteiger partial charge >= 0.3 is 0 Å². The summed E-state index contributed by atoms with van der Waals surface area (Å²) in [5, 5.41) is 8.47. The summed E-state index contributed by atoms with van der Waals surface area (Å²) >= 11 is 11.6. The summed E-state index contributed by atoms with van der Waals surface area (Å²) in [6.07, 6.45) is 0.395. The van der Waals surface area contributed by atoms with Crippen LogP contribution in [0.3, 0.4) is 0 Å². The molecule has 0 bridgehead atoms. The van der Waals surface area contributed by atoms with Gasteiger partial charge in [-0.2, -0.15) is 0 Å². The van der Waals surface area contributed by atoms with Crippen molar-refractivity contribution in [2.75, 3.05) is 7.11 Å². The smallest absolute Gasteiger partial charge is 0.184 e. The van der Waals surface area contributed by atoms with Gasteiger partial charge in [0, 0.05) is 16.5 Å². The van der Waals surface area contributed by atoms with Crippen LogP contribution in [0.25, 0.3) is 0 Å². The summed E-state index contributed by atoms with van der Waals surface area (Å²) in [6, 6.07) is 5.19. The van der Waals surface area contributed by atoms with Crippen molar-refractivity contribution in [3.8, 4) is 0 Å². The minimum Gasteiger partial charge on any atom is -0.484 e. The first kappa shape index (κ1) is 13.6. The highest BCUT2D eigenvalue weighted by atomic mass is 35.5. The van der Waals surface area contributed by atoms with E-state index in [9.17, 15) is 0 Å². The maximum atomic E-state index is 7.31. The maximum Gasteiger partial charge on any atom is 0.184 e. The highest BCUT2D eigenvalue weighted by molar-refractivity contribution is 6.35. The van der Waals surface area contributed by atoms with E-state index in [4.69, 9.17) is 33.3 Å². The topological polar surface area (TPSA) is 33.1 Å². The van der Waals surface area contributed by atoms with Crippen LogP contribution < -0.4 is 0 Å². The summed E-state index contributed by atoms with van der Waals surface area (Å²) in [4.78, 5) is 0. The lowest BCUT2D eigenvalue weighted by Gasteiger charge is -2.04. The second kappa shape index (κ2) is 6.12. The van der Waals surface area contributed by atoms with E-state index in [0.717, 1.165) is 5.56 Å². The number of methoxy groups -OCH3 is 1. The van der Waals surface area contributed by atoms with E-state index in [1.807, 2.05) is 0 Å². The normalized spacial score (nSPS) is 9.07. The van der Waals surface area contributed by atoms with E-state index in [2.05, 4.69) is 0 Å². The molecule has 1 aromatic carbocycles. The second-order valence-electron chi connectivity index (χ2n) is 2.54. The van der Waals surface area contributed by atoms with Crippen LogP contribution in [0.15, 0.2) is 18.2 Å². The van der Waals surface area contributed by atoms with Crippen molar-refractivity contribution < 1.29 is 4.74 Å². The molecule has 0 unspecified atom stereocenters. The first-order valence-corrected chi connectivity index (χ1v) is 4.44. The summed E-state index contributed by atoms with van der Waals surface area (Å²) in [7, 11) is 1.46. The molecule has 0 heterocycles. The summed E-state index contributed by atoms with van der Waals surface area (Å²) in [6.45, 7) is 0. The molecule has 78 valence electrons. The van der Waals surface area contributed by atoms with E-state index < -0.39 is 0 Å². The average Bonchev–Trinajstić information content (AvgIpc) is 2.09. The van der Waals surface area contributed by atoms with Gasteiger partial charge in [-0.3, -0.25) is 5.41 Å². The van der Waals surface area contributed by atoms with Gasteiger partial charge in [0.1, 0.15) is 0 Å². The van der Waals surface area contributed by atoms with E-state index >= 15 is 0 Å². The zero-order valence-corrected chi connectivity index (χ0v) is 9.84. The summed E-state index contributed by atoms with van der Waals surface area (Å²) in [5.74, 6) is 0.184. The molecule has 0 saturated heterocycles. The maximum absolute atomic E-state index is 7.31. The lowest BCUT2D eigenvalue weighted by Crippen LogP contribution is -2.03. The standard InChI is InChI=1S/C9H9Cl2NO.ClH/c1-13-9(12)4-6-2-3-7(10)5-8(6)11;/h2-3,5,12H,4H2,1H3;1H. The van der Waals surface area contributed by atoms with Crippen LogP contribution in [0.2, 0.25) is 10.0 Å². The van der Waals surface area contributed by atoms with Crippen molar-refractivity contribution in [3.63, 3.8) is 0 Å². The van der Waals surface area contributed by atoms with E-state index in [-0.39, 0.29) is 18.3 Å². The Kier molecular flexibility index (Phi) is 5.93. The van der Waals surface area contributed by atoms with Crippen LogP contribution in [0.4, 0.5) is 0 Å². The molecule has 0 atom stereocenters. The largest absolute Gasteiger partial charge is 0.484 e. The van der Waals surface area contributed by atoms with Gasteiger partial charge in [-0.1, -0.05) is 29.3 Å². The third-order valence-corrected chi connectivity index (χ3v) is 2.20. The monoisotopic (exact) mass is 253 g/mol. The van der Waals surface area contributed by atoms with Crippen molar-refractivity contribution in [2.24, 2.45) is 0 Å². The molecule has 1 rings (SSSR count). The molecule has 0 aromatic heterocycles. The summed E-state index contributed by atoms with van der Waals surface area (Å²) < 4.78 is 4.73. The molecule has 0 fully saturated rings. The van der Waals surface area contributed by atoms with Gasteiger partial charge in [0.15, 0.2) is 5.90 Å². The van der Waals surface area contributed by atoms with Gasteiger partial charge in [0.05, 0.1) is 7.11 Å². The molecule has 0 saturated carbocycles. The van der Waals surface area contributed by atoms with Gasteiger partial charge < -0.3 is 4.74 Å². The first-order valence-electron chi connectivity index (χ1n) is 3.69. The number of rotatable bonds is 2. The second-order valence-corrected chi connectivity index (χ2v) is 3.38. The number of benzene rings is 1. The van der Waals surface area contributed by atoms with E-state index in [1.165, 1.54) is 7.11 Å². The fourth-order valence-electron chi connectivity index (χ4n) is 0.910. The molecular formula is C9H10Cl3NO. The molecule has 0 amide bonds. The van der Waals surface area contributed by atoms with E-state index in [0.29, 0.717) is 16.5 Å². The minimum atomic E-state index is 0. The van der Waals surface area contributed by atoms with Crippen LogP contribution in [0.1, 0.15) is 5.56 Å². The van der Waals surface area contributed by atoms with Crippen molar-refractivity contribution in [3.05, 3.63) is 33.8 Å². The number of hydrogen-bond acceptors (Lipinski definition) is 2. The number of hydrogen-bond donors (Lipinski definition) is 1. The molecule has 0 aliphatic heterocycles. The zero-order valence-electron chi connectivity index (χ0n) is 7.51. The highest BCUT2D eigenvalue weighted by Gasteiger charge is 2.04. The van der Waals surface area contributed by atoms with Crippen molar-refractivity contribution in [1.29, 1.82) is 5.41 Å². The Balaban J connectivity index is 0.00000169. The molecule has 1 N–H and O–H groups in total. The quantitative estimate of drug-likeness (QED) is 0.635. The Morgan fingerprint density at radius 2 is 2.07 bits per heavy atom. The van der Waals surface area contributed by atoms with Gasteiger partial charge in [-0.25, -0.2) is 0 Å². The Bertz CT molecular complexity index is 328. The lowest BCUT2D eigenvalue weighted by atomic mass is 10.1. The number of ether oxygens (including phenoxy) is 1. The fraction of sp³-hybridized carbons (Fsp3) is 0.222. The van der Waals surface area contributed by atoms with Gasteiger partial charge in [-0.05, 0) is 17.7 Å². The van der Waals surface area contributed by atoms with Crippen LogP contribution in [-0.4, -0.2) is 13.0 Å². The SMILES string of the molecule is COC(=N)Cc1ccc(Cl)cc1Cl.Cl. The Labute approximate surface area is 99.1 Å². The van der Waals surface area contributed by atoms with E-state index in [1.54, 1.807) is 18.2 Å². The third-order valence-electron chi connectivity index (χ3n) is 1.61. The molecule has 0 spiro atoms. The molecule has 0 aliphatic rings. The summed E-state index contributed by atoms with van der Waals surface area (Å²) in [5.41, 5.74) is 0.845. The van der Waals surface area contributed by atoms with Crippen LogP contribution >= 0.6 is 35.6 Å². The lowest BCUT2D eigenvalue weighted by molar-refractivity contribution is 0.390. The van der Waals surface area contributed by atoms with Gasteiger partial charge in [-0.15, -0.1) is 12.4 Å². The molecule has 1 aromatic rings. The van der Waals surface area contributed by atoms with Crippen molar-refractivity contribution in [2.45, 2.75) is 6.42 Å². The predicted octanol–water partition coefficient (Wildman–Crippen LogP) is 3.58. The predicted molar refractivity (Wildman–Crippen MR) is 62.1 cm³/mol. The molecule has 0 radical (unpaired) electrons. The Morgan fingerprint density at radius 1 is 1.43 bits per heavy atom. The van der Waals surface area contributed by atoms with Gasteiger partial charge in [0.25, 0.3) is 0 Å². The van der Waals surface area contributed by atoms with Crippen molar-refractivity contribution >= 4 is 41.5 Å². The highest BCUT2D eigenvalue weighted by Crippen LogP contribution is 2.21. The molecule has 14 heavy (non-hydrogen) atoms. The van der Waals surface area contributed by atoms with Crippen molar-refractivity contribution in [1.82, 2.24) is 0 Å². The first-order chi connectivity index (χ1) is 6.13. The minimum absolute atomic E-state index is 0. The molecule has 5 heteroatoms.